The Morgan fingerprint density at radius 1 is 1.11 bits per heavy atom. The number of aromatic nitrogens is 2. The number of amides is 1. The molecule has 0 radical (unpaired) electrons. The van der Waals surface area contributed by atoms with Crippen molar-refractivity contribution in [1.82, 2.24) is 10.2 Å². The Morgan fingerprint density at radius 3 is 2.48 bits per heavy atom. The monoisotopic (exact) mass is 445 g/mol. The standard InChI is InChI=1S/C20H20BrN3O2S/c1-3-13-7-5-8-14(4-2)18(13)22-17(25)12-27-20-24-23-19(26-20)15-9-6-10-16(21)11-15/h5-11H,3-4,12H2,1-2H3,(H,22,25). The molecule has 7 heteroatoms. The largest absolute Gasteiger partial charge is 0.411 e. The zero-order valence-corrected chi connectivity index (χ0v) is 17.6. The van der Waals surface area contributed by atoms with Crippen molar-refractivity contribution in [2.75, 3.05) is 11.1 Å². The number of carbonyl (C=O) groups excluding carboxylic acids is 1. The molecule has 0 saturated heterocycles. The summed E-state index contributed by atoms with van der Waals surface area (Å²) in [6.45, 7) is 4.17. The summed E-state index contributed by atoms with van der Waals surface area (Å²) in [5, 5.41) is 11.5. The minimum absolute atomic E-state index is 0.0854. The van der Waals surface area contributed by atoms with E-state index in [0.29, 0.717) is 11.1 Å². The Balaban J connectivity index is 1.64. The summed E-state index contributed by atoms with van der Waals surface area (Å²) in [5.74, 6) is 0.558. The number of halogens is 1. The predicted molar refractivity (Wildman–Crippen MR) is 112 cm³/mol. The van der Waals surface area contributed by atoms with E-state index in [-0.39, 0.29) is 11.7 Å². The van der Waals surface area contributed by atoms with Gasteiger partial charge < -0.3 is 9.73 Å². The maximum absolute atomic E-state index is 12.4. The predicted octanol–water partition coefficient (Wildman–Crippen LogP) is 5.35. The van der Waals surface area contributed by atoms with Crippen molar-refractivity contribution in [3.8, 4) is 11.5 Å². The maximum atomic E-state index is 12.4. The summed E-state index contributed by atoms with van der Waals surface area (Å²) in [6, 6.07) is 13.8. The molecular weight excluding hydrogens is 426 g/mol. The Hall–Kier alpha value is -2.12. The molecule has 5 nitrogen and oxygen atoms in total. The average Bonchev–Trinajstić information content (AvgIpc) is 3.15. The highest BCUT2D eigenvalue weighted by atomic mass is 79.9. The molecule has 1 heterocycles. The summed E-state index contributed by atoms with van der Waals surface area (Å²) in [5.41, 5.74) is 4.04. The summed E-state index contributed by atoms with van der Waals surface area (Å²) < 4.78 is 6.59. The van der Waals surface area contributed by atoms with Gasteiger partial charge in [0.15, 0.2) is 0 Å². The molecule has 0 atom stereocenters. The van der Waals surface area contributed by atoms with Gasteiger partial charge in [-0.3, -0.25) is 4.79 Å². The van der Waals surface area contributed by atoms with Crippen LogP contribution in [0.15, 0.2) is 56.6 Å². The van der Waals surface area contributed by atoms with E-state index < -0.39 is 0 Å². The van der Waals surface area contributed by atoms with E-state index in [0.717, 1.165) is 39.7 Å². The molecular formula is C20H20BrN3O2S. The molecule has 1 N–H and O–H groups in total. The van der Waals surface area contributed by atoms with E-state index in [9.17, 15) is 4.79 Å². The van der Waals surface area contributed by atoms with Gasteiger partial charge in [-0.2, -0.15) is 0 Å². The van der Waals surface area contributed by atoms with Crippen LogP contribution in [0.3, 0.4) is 0 Å². The van der Waals surface area contributed by atoms with Gasteiger partial charge in [0.05, 0.1) is 5.75 Å². The molecule has 3 rings (SSSR count). The molecule has 27 heavy (non-hydrogen) atoms. The fourth-order valence-corrected chi connectivity index (χ4v) is 3.67. The van der Waals surface area contributed by atoms with Crippen LogP contribution < -0.4 is 5.32 Å². The van der Waals surface area contributed by atoms with Gasteiger partial charge in [0.1, 0.15) is 0 Å². The summed E-state index contributed by atoms with van der Waals surface area (Å²) >= 11 is 4.65. The molecule has 2 aromatic carbocycles. The first-order valence-corrected chi connectivity index (χ1v) is 10.5. The quantitative estimate of drug-likeness (QED) is 0.496. The number of rotatable bonds is 7. The lowest BCUT2D eigenvalue weighted by Gasteiger charge is -2.13. The van der Waals surface area contributed by atoms with Crippen molar-refractivity contribution in [1.29, 1.82) is 0 Å². The van der Waals surface area contributed by atoms with Crippen molar-refractivity contribution < 1.29 is 9.21 Å². The van der Waals surface area contributed by atoms with Gasteiger partial charge in [-0.1, -0.05) is 65.8 Å². The lowest BCUT2D eigenvalue weighted by Crippen LogP contribution is -2.16. The van der Waals surface area contributed by atoms with Crippen molar-refractivity contribution in [2.45, 2.75) is 31.9 Å². The van der Waals surface area contributed by atoms with Gasteiger partial charge in [0.2, 0.25) is 11.8 Å². The van der Waals surface area contributed by atoms with Crippen LogP contribution in [0.4, 0.5) is 5.69 Å². The van der Waals surface area contributed by atoms with Crippen LogP contribution in [0.5, 0.6) is 0 Å². The topological polar surface area (TPSA) is 68.0 Å². The number of carbonyl (C=O) groups is 1. The van der Waals surface area contributed by atoms with Gasteiger partial charge >= 0.3 is 0 Å². The van der Waals surface area contributed by atoms with Crippen LogP contribution in [0.25, 0.3) is 11.5 Å². The number of thioether (sulfide) groups is 1. The van der Waals surface area contributed by atoms with E-state index in [2.05, 4.69) is 45.3 Å². The molecule has 140 valence electrons. The lowest BCUT2D eigenvalue weighted by molar-refractivity contribution is -0.113. The van der Waals surface area contributed by atoms with Gasteiger partial charge in [-0.15, -0.1) is 10.2 Å². The first-order chi connectivity index (χ1) is 13.1. The normalized spacial score (nSPS) is 10.8. The number of para-hydroxylation sites is 1. The third-order valence-corrected chi connectivity index (χ3v) is 5.38. The van der Waals surface area contributed by atoms with Crippen molar-refractivity contribution in [2.24, 2.45) is 0 Å². The van der Waals surface area contributed by atoms with Crippen LogP contribution in [0.1, 0.15) is 25.0 Å². The molecule has 3 aromatic rings. The maximum Gasteiger partial charge on any atom is 0.277 e. The summed E-state index contributed by atoms with van der Waals surface area (Å²) in [7, 11) is 0. The SMILES string of the molecule is CCc1cccc(CC)c1NC(=O)CSc1nnc(-c2cccc(Br)c2)o1. The minimum Gasteiger partial charge on any atom is -0.411 e. The molecule has 0 saturated carbocycles. The highest BCUT2D eigenvalue weighted by molar-refractivity contribution is 9.10. The second-order valence-corrected chi connectivity index (χ2v) is 7.72. The first-order valence-electron chi connectivity index (χ1n) is 8.73. The highest BCUT2D eigenvalue weighted by Gasteiger charge is 2.14. The molecule has 0 aliphatic heterocycles. The Bertz CT molecular complexity index is 920. The zero-order valence-electron chi connectivity index (χ0n) is 15.2. The average molecular weight is 446 g/mol. The minimum atomic E-state index is -0.0854. The Labute approximate surface area is 171 Å². The number of aryl methyl sites for hydroxylation is 2. The van der Waals surface area contributed by atoms with Crippen LogP contribution in [-0.4, -0.2) is 21.9 Å². The van der Waals surface area contributed by atoms with Crippen LogP contribution in [0.2, 0.25) is 0 Å². The molecule has 0 aliphatic carbocycles. The second kappa shape index (κ2) is 9.19. The second-order valence-electron chi connectivity index (χ2n) is 5.88. The van der Waals surface area contributed by atoms with Gasteiger partial charge in [0.25, 0.3) is 5.22 Å². The van der Waals surface area contributed by atoms with Gasteiger partial charge in [0, 0.05) is 15.7 Å². The van der Waals surface area contributed by atoms with Gasteiger partial charge in [-0.05, 0) is 42.2 Å². The third kappa shape index (κ3) is 4.99. The third-order valence-electron chi connectivity index (χ3n) is 4.07. The summed E-state index contributed by atoms with van der Waals surface area (Å²) in [4.78, 5) is 12.4. The van der Waals surface area contributed by atoms with E-state index in [1.165, 1.54) is 11.8 Å². The number of anilines is 1. The molecule has 0 spiro atoms. The van der Waals surface area contributed by atoms with E-state index in [1.54, 1.807) is 0 Å². The molecule has 0 unspecified atom stereocenters. The molecule has 0 aliphatic rings. The summed E-state index contributed by atoms with van der Waals surface area (Å²) in [6.07, 6.45) is 1.74. The van der Waals surface area contributed by atoms with Crippen LogP contribution in [-0.2, 0) is 17.6 Å². The van der Waals surface area contributed by atoms with Crippen LogP contribution in [0, 0.1) is 0 Å². The van der Waals surface area contributed by atoms with Crippen molar-refractivity contribution in [3.05, 3.63) is 58.1 Å². The first kappa shape index (κ1) is 19.6. The van der Waals surface area contributed by atoms with E-state index >= 15 is 0 Å². The number of hydrogen-bond acceptors (Lipinski definition) is 5. The molecule has 1 amide bonds. The van der Waals surface area contributed by atoms with Crippen molar-refractivity contribution in [3.63, 3.8) is 0 Å². The Morgan fingerprint density at radius 2 is 1.81 bits per heavy atom. The lowest BCUT2D eigenvalue weighted by atomic mass is 10.0. The number of nitrogens with one attached hydrogen (secondary N) is 1. The van der Waals surface area contributed by atoms with E-state index in [4.69, 9.17) is 4.42 Å². The van der Waals surface area contributed by atoms with Gasteiger partial charge in [-0.25, -0.2) is 0 Å². The smallest absolute Gasteiger partial charge is 0.277 e. The number of nitrogens with zero attached hydrogens (tertiary/aromatic N) is 2. The number of benzene rings is 2. The van der Waals surface area contributed by atoms with E-state index in [1.807, 2.05) is 42.5 Å². The zero-order chi connectivity index (χ0) is 19.2. The molecule has 1 aromatic heterocycles. The van der Waals surface area contributed by atoms with Crippen molar-refractivity contribution >= 4 is 39.3 Å². The molecule has 0 fully saturated rings. The number of hydrogen-bond donors (Lipinski definition) is 1. The Kier molecular flexibility index (Phi) is 6.68. The van der Waals surface area contributed by atoms with Crippen LogP contribution >= 0.6 is 27.7 Å². The highest BCUT2D eigenvalue weighted by Crippen LogP contribution is 2.26. The molecule has 0 bridgehead atoms. The fraction of sp³-hybridized carbons (Fsp3) is 0.250. The fourth-order valence-electron chi connectivity index (χ4n) is 2.71.